The van der Waals surface area contributed by atoms with E-state index in [1.807, 2.05) is 30.1 Å². The standard InChI is InChI=1S/C17H21N3O2/c1-17(2,3)11-6-5-7-12-15(11)19(4)10-20(12)13-8-9-14(21)18-16(13)22/h5-7,10,13H,8-9H2,1-4H3/p+1. The number of imide groups is 1. The number of hydrogen-bond donors (Lipinski definition) is 1. The van der Waals surface area contributed by atoms with Crippen LogP contribution in [0.15, 0.2) is 24.5 Å². The molecular formula is C17H22N3O2+. The number of aryl methyl sites for hydroxylation is 1. The fourth-order valence-electron chi connectivity index (χ4n) is 3.22. The van der Waals surface area contributed by atoms with Crippen molar-refractivity contribution in [3.8, 4) is 0 Å². The average molecular weight is 300 g/mol. The van der Waals surface area contributed by atoms with E-state index >= 15 is 0 Å². The Morgan fingerprint density at radius 1 is 1.27 bits per heavy atom. The van der Waals surface area contributed by atoms with Gasteiger partial charge in [-0.05, 0) is 11.5 Å². The Morgan fingerprint density at radius 3 is 2.64 bits per heavy atom. The number of benzene rings is 1. The monoisotopic (exact) mass is 300 g/mol. The molecular weight excluding hydrogens is 278 g/mol. The second-order valence-electron chi connectivity index (χ2n) is 7.02. The van der Waals surface area contributed by atoms with Gasteiger partial charge in [0.25, 0.3) is 5.91 Å². The fourth-order valence-corrected chi connectivity index (χ4v) is 3.22. The van der Waals surface area contributed by atoms with Crippen molar-refractivity contribution in [1.82, 2.24) is 9.88 Å². The summed E-state index contributed by atoms with van der Waals surface area (Å²) in [5.74, 6) is -0.396. The van der Waals surface area contributed by atoms with Crippen LogP contribution in [-0.4, -0.2) is 16.4 Å². The molecule has 0 radical (unpaired) electrons. The number of nitrogens with one attached hydrogen (secondary N) is 1. The van der Waals surface area contributed by atoms with Crippen LogP contribution in [-0.2, 0) is 22.1 Å². The highest BCUT2D eigenvalue weighted by Gasteiger charge is 2.34. The SMILES string of the molecule is C[n+]1cn(C2CCC(=O)NC2=O)c2cccc(C(C)(C)C)c21. The van der Waals surface area contributed by atoms with Gasteiger partial charge in [0.1, 0.15) is 0 Å². The van der Waals surface area contributed by atoms with Crippen LogP contribution in [0.4, 0.5) is 0 Å². The normalized spacial score (nSPS) is 19.5. The molecule has 1 aromatic carbocycles. The van der Waals surface area contributed by atoms with Gasteiger partial charge in [-0.2, -0.15) is 0 Å². The number of rotatable bonds is 1. The van der Waals surface area contributed by atoms with E-state index in [2.05, 4.69) is 36.7 Å². The van der Waals surface area contributed by atoms with Crippen LogP contribution >= 0.6 is 0 Å². The number of para-hydroxylation sites is 1. The lowest BCUT2D eigenvalue weighted by molar-refractivity contribution is -0.646. The van der Waals surface area contributed by atoms with Crippen molar-refractivity contribution in [2.75, 3.05) is 0 Å². The van der Waals surface area contributed by atoms with Crippen molar-refractivity contribution in [2.45, 2.75) is 45.1 Å². The lowest BCUT2D eigenvalue weighted by Gasteiger charge is -2.20. The summed E-state index contributed by atoms with van der Waals surface area (Å²) in [6.07, 6.45) is 2.90. The summed E-state index contributed by atoms with van der Waals surface area (Å²) in [5, 5.41) is 2.44. The minimum absolute atomic E-state index is 0.0221. The Morgan fingerprint density at radius 2 is 2.00 bits per heavy atom. The zero-order valence-corrected chi connectivity index (χ0v) is 13.5. The maximum Gasteiger partial charge on any atom is 0.272 e. The number of carbonyl (C=O) groups is 2. The summed E-state index contributed by atoms with van der Waals surface area (Å²) >= 11 is 0. The van der Waals surface area contributed by atoms with Crippen LogP contribution < -0.4 is 9.88 Å². The van der Waals surface area contributed by atoms with Crippen molar-refractivity contribution in [3.05, 3.63) is 30.1 Å². The van der Waals surface area contributed by atoms with Gasteiger partial charge in [0.05, 0.1) is 7.05 Å². The molecule has 1 atom stereocenters. The van der Waals surface area contributed by atoms with E-state index in [1.165, 1.54) is 5.56 Å². The van der Waals surface area contributed by atoms with Gasteiger partial charge < -0.3 is 0 Å². The van der Waals surface area contributed by atoms with E-state index < -0.39 is 0 Å². The molecule has 2 amide bonds. The van der Waals surface area contributed by atoms with Gasteiger partial charge in [0.15, 0.2) is 17.1 Å². The number of hydrogen-bond acceptors (Lipinski definition) is 2. The predicted molar refractivity (Wildman–Crippen MR) is 83.2 cm³/mol. The molecule has 0 bridgehead atoms. The van der Waals surface area contributed by atoms with E-state index in [0.717, 1.165) is 11.0 Å². The van der Waals surface area contributed by atoms with Crippen molar-refractivity contribution < 1.29 is 14.2 Å². The van der Waals surface area contributed by atoms with Gasteiger partial charge in [0, 0.05) is 18.4 Å². The molecule has 0 spiro atoms. The number of piperidine rings is 1. The first-order chi connectivity index (χ1) is 10.3. The van der Waals surface area contributed by atoms with Gasteiger partial charge in [0.2, 0.25) is 12.2 Å². The Balaban J connectivity index is 2.17. The molecule has 1 aliphatic rings. The number of fused-ring (bicyclic) bond motifs is 1. The maximum atomic E-state index is 12.2. The number of aromatic nitrogens is 2. The number of imidazole rings is 1. The molecule has 5 nitrogen and oxygen atoms in total. The smallest absolute Gasteiger partial charge is 0.272 e. The molecule has 1 aliphatic heterocycles. The number of carbonyl (C=O) groups excluding carboxylic acids is 2. The molecule has 0 saturated carbocycles. The lowest BCUT2D eigenvalue weighted by Crippen LogP contribution is -2.41. The molecule has 1 N–H and O–H groups in total. The summed E-state index contributed by atoms with van der Waals surface area (Å²) in [6.45, 7) is 6.56. The first-order valence-corrected chi connectivity index (χ1v) is 7.62. The van der Waals surface area contributed by atoms with E-state index in [0.29, 0.717) is 12.8 Å². The highest BCUT2D eigenvalue weighted by atomic mass is 16.2. The van der Waals surface area contributed by atoms with Gasteiger partial charge in [-0.25, -0.2) is 9.13 Å². The van der Waals surface area contributed by atoms with Gasteiger partial charge in [-0.1, -0.05) is 32.9 Å². The summed E-state index contributed by atoms with van der Waals surface area (Å²) in [5.41, 5.74) is 3.44. The highest BCUT2D eigenvalue weighted by molar-refractivity contribution is 6.00. The van der Waals surface area contributed by atoms with E-state index in [9.17, 15) is 9.59 Å². The highest BCUT2D eigenvalue weighted by Crippen LogP contribution is 2.30. The minimum Gasteiger partial charge on any atom is -0.293 e. The third kappa shape index (κ3) is 2.30. The third-order valence-electron chi connectivity index (χ3n) is 4.30. The van der Waals surface area contributed by atoms with Crippen LogP contribution in [0.25, 0.3) is 11.0 Å². The lowest BCUT2D eigenvalue weighted by atomic mass is 9.86. The second-order valence-corrected chi connectivity index (χ2v) is 7.02. The number of nitrogens with zero attached hydrogens (tertiary/aromatic N) is 2. The van der Waals surface area contributed by atoms with E-state index in [-0.39, 0.29) is 23.3 Å². The quantitative estimate of drug-likeness (QED) is 0.644. The van der Waals surface area contributed by atoms with Crippen molar-refractivity contribution in [2.24, 2.45) is 7.05 Å². The molecule has 1 unspecified atom stereocenters. The Kier molecular flexibility index (Phi) is 3.31. The zero-order chi connectivity index (χ0) is 16.1. The molecule has 1 aromatic heterocycles. The summed E-state index contributed by atoms with van der Waals surface area (Å²) < 4.78 is 4.06. The second kappa shape index (κ2) is 4.93. The third-order valence-corrected chi connectivity index (χ3v) is 4.30. The first kappa shape index (κ1) is 14.8. The van der Waals surface area contributed by atoms with Crippen LogP contribution in [0, 0.1) is 0 Å². The van der Waals surface area contributed by atoms with E-state index in [1.54, 1.807) is 0 Å². The average Bonchev–Trinajstić information content (AvgIpc) is 2.75. The van der Waals surface area contributed by atoms with Crippen molar-refractivity contribution in [3.63, 3.8) is 0 Å². The molecule has 1 fully saturated rings. The first-order valence-electron chi connectivity index (χ1n) is 7.62. The van der Waals surface area contributed by atoms with Crippen LogP contribution in [0.3, 0.4) is 0 Å². The molecule has 2 aromatic rings. The van der Waals surface area contributed by atoms with Crippen molar-refractivity contribution >= 4 is 22.8 Å². The van der Waals surface area contributed by atoms with Gasteiger partial charge in [-0.15, -0.1) is 0 Å². The molecule has 22 heavy (non-hydrogen) atoms. The topological polar surface area (TPSA) is 55.0 Å². The van der Waals surface area contributed by atoms with Crippen molar-refractivity contribution in [1.29, 1.82) is 0 Å². The molecule has 5 heteroatoms. The zero-order valence-electron chi connectivity index (χ0n) is 13.5. The Labute approximate surface area is 129 Å². The summed E-state index contributed by atoms with van der Waals surface area (Å²) in [7, 11) is 2.00. The van der Waals surface area contributed by atoms with Crippen LogP contribution in [0.5, 0.6) is 0 Å². The Bertz CT molecular complexity index is 768. The molecule has 116 valence electrons. The fraction of sp³-hybridized carbons (Fsp3) is 0.471. The summed E-state index contributed by atoms with van der Waals surface area (Å²) in [4.78, 5) is 23.5. The molecule has 1 saturated heterocycles. The van der Waals surface area contributed by atoms with Crippen LogP contribution in [0.1, 0.15) is 45.2 Å². The molecule has 3 rings (SSSR count). The number of amides is 2. The maximum absolute atomic E-state index is 12.2. The van der Waals surface area contributed by atoms with Crippen LogP contribution in [0.2, 0.25) is 0 Å². The summed E-state index contributed by atoms with van der Waals surface area (Å²) in [6, 6.07) is 5.88. The predicted octanol–water partition coefficient (Wildman–Crippen LogP) is 1.74. The molecule has 0 aliphatic carbocycles. The molecule has 2 heterocycles. The van der Waals surface area contributed by atoms with Gasteiger partial charge >= 0.3 is 0 Å². The Hall–Kier alpha value is -2.17. The largest absolute Gasteiger partial charge is 0.293 e. The van der Waals surface area contributed by atoms with Gasteiger partial charge in [-0.3, -0.25) is 14.9 Å². The van der Waals surface area contributed by atoms with E-state index in [4.69, 9.17) is 0 Å². The minimum atomic E-state index is -0.323.